The van der Waals surface area contributed by atoms with Gasteiger partial charge in [-0.25, -0.2) is 0 Å². The molecule has 4 nitrogen and oxygen atoms in total. The molecule has 2 rings (SSSR count). The third kappa shape index (κ3) is 9.72. The molecule has 4 N–H and O–H groups in total. The predicted molar refractivity (Wildman–Crippen MR) is 98.7 cm³/mol. The average Bonchev–Trinajstić information content (AvgIpc) is 2.64. The minimum atomic E-state index is -0.511. The van der Waals surface area contributed by atoms with E-state index in [1.54, 1.807) is 0 Å². The van der Waals surface area contributed by atoms with E-state index in [4.69, 9.17) is 10.5 Å². The van der Waals surface area contributed by atoms with E-state index in [1.807, 2.05) is 58.0 Å². The van der Waals surface area contributed by atoms with Crippen LogP contribution in [0.4, 0.5) is 0 Å². The van der Waals surface area contributed by atoms with Crippen LogP contribution in [0, 0.1) is 0 Å². The zero-order valence-corrected chi connectivity index (χ0v) is 15.3. The number of ether oxygens (including phenoxy) is 1. The highest BCUT2D eigenvalue weighted by Gasteiger charge is 2.18. The highest BCUT2D eigenvalue weighted by molar-refractivity contribution is 5.16. The van der Waals surface area contributed by atoms with E-state index in [9.17, 15) is 5.11 Å². The van der Waals surface area contributed by atoms with Crippen molar-refractivity contribution in [2.24, 2.45) is 5.73 Å². The molecular weight excluding hydrogens is 288 g/mol. The molecule has 1 aliphatic rings. The van der Waals surface area contributed by atoms with Crippen LogP contribution in [0.5, 0.6) is 0 Å². The molecule has 1 aliphatic heterocycles. The van der Waals surface area contributed by atoms with E-state index in [1.165, 1.54) is 5.56 Å². The normalized spacial score (nSPS) is 17.1. The van der Waals surface area contributed by atoms with E-state index < -0.39 is 6.10 Å². The van der Waals surface area contributed by atoms with Gasteiger partial charge in [-0.05, 0) is 24.8 Å². The summed E-state index contributed by atoms with van der Waals surface area (Å²) in [6.45, 7) is 10.2. The second-order valence-corrected chi connectivity index (χ2v) is 5.22. The fourth-order valence-corrected chi connectivity index (χ4v) is 2.36. The molecule has 1 saturated heterocycles. The summed E-state index contributed by atoms with van der Waals surface area (Å²) in [4.78, 5) is 0. The van der Waals surface area contributed by atoms with Gasteiger partial charge in [0.05, 0.1) is 6.10 Å². The molecule has 0 amide bonds. The van der Waals surface area contributed by atoms with Crippen LogP contribution in [0.2, 0.25) is 0 Å². The summed E-state index contributed by atoms with van der Waals surface area (Å²) in [6.07, 6.45) is 2.22. The van der Waals surface area contributed by atoms with Crippen molar-refractivity contribution in [3.63, 3.8) is 0 Å². The summed E-state index contributed by atoms with van der Waals surface area (Å²) < 4.78 is 5.31. The molecule has 23 heavy (non-hydrogen) atoms. The molecule has 2 unspecified atom stereocenters. The van der Waals surface area contributed by atoms with Crippen molar-refractivity contribution in [3.8, 4) is 0 Å². The Balaban J connectivity index is 0.00000112. The van der Waals surface area contributed by atoms with Crippen LogP contribution in [0.15, 0.2) is 30.3 Å². The maximum atomic E-state index is 10.1. The van der Waals surface area contributed by atoms with Crippen molar-refractivity contribution in [2.45, 2.75) is 65.1 Å². The van der Waals surface area contributed by atoms with Crippen molar-refractivity contribution in [3.05, 3.63) is 35.9 Å². The zero-order chi connectivity index (χ0) is 17.5. The number of nitrogens with one attached hydrogen (secondary N) is 1. The molecule has 0 aromatic heterocycles. The first kappa shape index (κ1) is 22.1. The van der Waals surface area contributed by atoms with E-state index in [2.05, 4.69) is 5.32 Å². The number of aliphatic hydroxyl groups is 1. The van der Waals surface area contributed by atoms with E-state index in [0.717, 1.165) is 26.1 Å². The van der Waals surface area contributed by atoms with Crippen LogP contribution in [0.25, 0.3) is 0 Å². The van der Waals surface area contributed by atoms with E-state index in [0.29, 0.717) is 19.0 Å². The van der Waals surface area contributed by atoms with Gasteiger partial charge in [-0.15, -0.1) is 0 Å². The van der Waals surface area contributed by atoms with E-state index in [-0.39, 0.29) is 6.04 Å². The summed E-state index contributed by atoms with van der Waals surface area (Å²) in [6, 6.07) is 10.3. The van der Waals surface area contributed by atoms with E-state index >= 15 is 0 Å². The zero-order valence-electron chi connectivity index (χ0n) is 15.3. The molecule has 0 saturated carbocycles. The quantitative estimate of drug-likeness (QED) is 0.753. The minimum Gasteiger partial charge on any atom is -0.390 e. The topological polar surface area (TPSA) is 67.5 Å². The van der Waals surface area contributed by atoms with Crippen LogP contribution < -0.4 is 11.1 Å². The lowest BCUT2D eigenvalue weighted by Crippen LogP contribution is -2.46. The Bertz CT molecular complexity index is 354. The summed E-state index contributed by atoms with van der Waals surface area (Å²) in [5.74, 6) is 0. The number of hydrogen-bond acceptors (Lipinski definition) is 4. The Kier molecular flexibility index (Phi) is 14.0. The Hall–Kier alpha value is -0.940. The molecule has 0 aliphatic carbocycles. The van der Waals surface area contributed by atoms with Gasteiger partial charge in [0.1, 0.15) is 0 Å². The van der Waals surface area contributed by atoms with Gasteiger partial charge in [0.25, 0.3) is 0 Å². The van der Waals surface area contributed by atoms with Crippen molar-refractivity contribution in [1.82, 2.24) is 5.32 Å². The lowest BCUT2D eigenvalue weighted by atomic mass is 10.0. The first-order valence-electron chi connectivity index (χ1n) is 9.04. The fraction of sp³-hybridized carbons (Fsp3) is 0.684. The van der Waals surface area contributed by atoms with Gasteiger partial charge in [-0.1, -0.05) is 58.0 Å². The van der Waals surface area contributed by atoms with Gasteiger partial charge in [-0.3, -0.25) is 0 Å². The molecule has 2 atom stereocenters. The number of aliphatic hydroxyl groups excluding tert-OH is 1. The molecule has 0 bridgehead atoms. The molecule has 0 radical (unpaired) electrons. The number of nitrogens with two attached hydrogens (primary N) is 1. The molecule has 1 heterocycles. The minimum absolute atomic E-state index is 0.227. The van der Waals surface area contributed by atoms with Gasteiger partial charge < -0.3 is 20.9 Å². The number of rotatable bonds is 6. The Morgan fingerprint density at radius 3 is 2.26 bits per heavy atom. The van der Waals surface area contributed by atoms with Crippen LogP contribution in [0.3, 0.4) is 0 Å². The molecule has 1 aromatic carbocycles. The lowest BCUT2D eigenvalue weighted by molar-refractivity contribution is 0.0700. The Morgan fingerprint density at radius 2 is 1.70 bits per heavy atom. The Labute approximate surface area is 142 Å². The molecule has 134 valence electrons. The summed E-state index contributed by atoms with van der Waals surface area (Å²) in [7, 11) is 0. The standard InChI is InChI=1S/C15H24N2O2.2C2H6/c16-14(10-12-4-2-1-3-5-12)15(18)11-17-13-6-8-19-9-7-13;2*1-2/h1-5,13-15,17-18H,6-11,16H2;2*1-2H3. The average molecular weight is 325 g/mol. The van der Waals surface area contributed by atoms with Crippen molar-refractivity contribution in [2.75, 3.05) is 19.8 Å². The van der Waals surface area contributed by atoms with Crippen molar-refractivity contribution < 1.29 is 9.84 Å². The molecule has 0 spiro atoms. The highest BCUT2D eigenvalue weighted by atomic mass is 16.5. The van der Waals surface area contributed by atoms with Gasteiger partial charge in [0, 0.05) is 31.8 Å². The van der Waals surface area contributed by atoms with Crippen LogP contribution in [0.1, 0.15) is 46.1 Å². The second-order valence-electron chi connectivity index (χ2n) is 5.22. The fourth-order valence-electron chi connectivity index (χ4n) is 2.36. The summed E-state index contributed by atoms with van der Waals surface area (Å²) >= 11 is 0. The molecular formula is C19H36N2O2. The third-order valence-electron chi connectivity index (χ3n) is 3.65. The van der Waals surface area contributed by atoms with Crippen molar-refractivity contribution >= 4 is 0 Å². The first-order chi connectivity index (χ1) is 11.3. The largest absolute Gasteiger partial charge is 0.390 e. The third-order valence-corrected chi connectivity index (χ3v) is 3.65. The number of hydrogen-bond donors (Lipinski definition) is 3. The SMILES string of the molecule is CC.CC.NC(Cc1ccccc1)C(O)CNC1CCOCC1. The van der Waals surface area contributed by atoms with Gasteiger partial charge >= 0.3 is 0 Å². The van der Waals surface area contributed by atoms with Crippen LogP contribution in [-0.2, 0) is 11.2 Å². The highest BCUT2D eigenvalue weighted by Crippen LogP contribution is 2.07. The maximum Gasteiger partial charge on any atom is 0.0818 e. The number of benzene rings is 1. The second kappa shape index (κ2) is 14.6. The predicted octanol–water partition coefficient (Wildman–Crippen LogP) is 2.74. The monoisotopic (exact) mass is 324 g/mol. The van der Waals surface area contributed by atoms with Gasteiger partial charge in [-0.2, -0.15) is 0 Å². The summed E-state index contributed by atoms with van der Waals surface area (Å²) in [5, 5.41) is 13.5. The van der Waals surface area contributed by atoms with Gasteiger partial charge in [0.2, 0.25) is 0 Å². The maximum absolute atomic E-state index is 10.1. The Morgan fingerprint density at radius 1 is 1.13 bits per heavy atom. The molecule has 1 aromatic rings. The smallest absolute Gasteiger partial charge is 0.0818 e. The van der Waals surface area contributed by atoms with Crippen molar-refractivity contribution in [1.29, 1.82) is 0 Å². The lowest BCUT2D eigenvalue weighted by Gasteiger charge is -2.26. The molecule has 1 fully saturated rings. The molecule has 4 heteroatoms. The summed E-state index contributed by atoms with van der Waals surface area (Å²) in [5.41, 5.74) is 7.22. The van der Waals surface area contributed by atoms with Crippen LogP contribution in [-0.4, -0.2) is 43.1 Å². The first-order valence-corrected chi connectivity index (χ1v) is 9.04. The van der Waals surface area contributed by atoms with Crippen LogP contribution >= 0.6 is 0 Å². The van der Waals surface area contributed by atoms with Gasteiger partial charge in [0.15, 0.2) is 0 Å².